The van der Waals surface area contributed by atoms with Crippen molar-refractivity contribution < 1.29 is 0 Å². The van der Waals surface area contributed by atoms with Gasteiger partial charge in [0.25, 0.3) is 0 Å². The predicted molar refractivity (Wildman–Crippen MR) is 68.8 cm³/mol. The van der Waals surface area contributed by atoms with E-state index in [4.69, 9.17) is 5.73 Å². The van der Waals surface area contributed by atoms with E-state index < -0.39 is 0 Å². The van der Waals surface area contributed by atoms with E-state index in [1.54, 1.807) is 0 Å². The molecule has 0 aliphatic heterocycles. The van der Waals surface area contributed by atoms with Crippen molar-refractivity contribution >= 4 is 0 Å². The Hall–Kier alpha value is -1.68. The molecule has 0 bridgehead atoms. The first-order chi connectivity index (χ1) is 8.74. The molecule has 0 spiro atoms. The average molecular weight is 240 g/mol. The van der Waals surface area contributed by atoms with E-state index in [1.807, 2.05) is 12.4 Å². The third-order valence-corrected chi connectivity index (χ3v) is 3.92. The quantitative estimate of drug-likeness (QED) is 0.895. The Morgan fingerprint density at radius 3 is 2.61 bits per heavy atom. The Balaban J connectivity index is 1.63. The maximum Gasteiger partial charge on any atom is 0.0602 e. The molecular weight excluding hydrogens is 224 g/mol. The van der Waals surface area contributed by atoms with Crippen molar-refractivity contribution in [2.45, 2.75) is 37.3 Å². The molecule has 0 amide bonds. The Morgan fingerprint density at radius 2 is 2.00 bits per heavy atom. The summed E-state index contributed by atoms with van der Waals surface area (Å²) in [6.07, 6.45) is 10.6. The number of aromatic nitrogens is 3. The third kappa shape index (κ3) is 1.64. The van der Waals surface area contributed by atoms with Crippen molar-refractivity contribution in [1.82, 2.24) is 14.8 Å². The Kier molecular flexibility index (Phi) is 1.95. The molecule has 2 heterocycles. The van der Waals surface area contributed by atoms with Gasteiger partial charge in [-0.3, -0.25) is 9.67 Å². The van der Waals surface area contributed by atoms with Gasteiger partial charge in [0, 0.05) is 23.5 Å². The summed E-state index contributed by atoms with van der Waals surface area (Å²) in [7, 11) is 0. The second kappa shape index (κ2) is 3.42. The summed E-state index contributed by atoms with van der Waals surface area (Å²) >= 11 is 0. The number of nitrogens with zero attached hydrogens (tertiary/aromatic N) is 3. The fourth-order valence-corrected chi connectivity index (χ4v) is 2.28. The van der Waals surface area contributed by atoms with Crippen LogP contribution >= 0.6 is 0 Å². The highest BCUT2D eigenvalue weighted by atomic mass is 15.3. The Bertz CT molecular complexity index is 576. The monoisotopic (exact) mass is 240 g/mol. The number of hydrogen-bond acceptors (Lipinski definition) is 3. The number of pyridine rings is 1. The molecule has 2 aromatic heterocycles. The molecule has 2 saturated carbocycles. The fourth-order valence-electron chi connectivity index (χ4n) is 2.28. The highest BCUT2D eigenvalue weighted by molar-refractivity contribution is 5.60. The molecule has 0 atom stereocenters. The molecule has 0 aromatic carbocycles. The van der Waals surface area contributed by atoms with E-state index in [1.165, 1.54) is 12.8 Å². The molecule has 18 heavy (non-hydrogen) atoms. The predicted octanol–water partition coefficient (Wildman–Crippen LogP) is 2.23. The van der Waals surface area contributed by atoms with E-state index in [0.29, 0.717) is 6.04 Å². The zero-order chi connectivity index (χ0) is 12.2. The molecule has 2 N–H and O–H groups in total. The van der Waals surface area contributed by atoms with Crippen molar-refractivity contribution in [3.8, 4) is 11.1 Å². The van der Waals surface area contributed by atoms with Gasteiger partial charge in [0.05, 0.1) is 23.5 Å². The molecule has 4 nitrogen and oxygen atoms in total. The minimum Gasteiger partial charge on any atom is -0.320 e. The molecule has 0 unspecified atom stereocenters. The van der Waals surface area contributed by atoms with Crippen LogP contribution < -0.4 is 5.73 Å². The molecule has 0 radical (unpaired) electrons. The van der Waals surface area contributed by atoms with E-state index in [-0.39, 0.29) is 5.54 Å². The summed E-state index contributed by atoms with van der Waals surface area (Å²) in [5, 5.41) is 4.40. The maximum absolute atomic E-state index is 6.13. The SMILES string of the molecule is NC1(c2ccc(-c3cnn(C4CC4)c3)cn2)CC1. The molecule has 2 aliphatic rings. The van der Waals surface area contributed by atoms with Gasteiger partial charge >= 0.3 is 0 Å². The third-order valence-electron chi connectivity index (χ3n) is 3.92. The highest BCUT2D eigenvalue weighted by Crippen LogP contribution is 2.41. The highest BCUT2D eigenvalue weighted by Gasteiger charge is 2.41. The van der Waals surface area contributed by atoms with Gasteiger partial charge in [-0.1, -0.05) is 6.07 Å². The normalized spacial score (nSPS) is 20.9. The molecule has 4 heteroatoms. The van der Waals surface area contributed by atoms with Crippen LogP contribution in [0.5, 0.6) is 0 Å². The van der Waals surface area contributed by atoms with Crippen molar-refractivity contribution in [2.24, 2.45) is 5.73 Å². The second-order valence-corrected chi connectivity index (χ2v) is 5.53. The second-order valence-electron chi connectivity index (χ2n) is 5.53. The summed E-state index contributed by atoms with van der Waals surface area (Å²) in [4.78, 5) is 4.50. The molecular formula is C14H16N4. The molecule has 2 aromatic rings. The summed E-state index contributed by atoms with van der Waals surface area (Å²) in [5.74, 6) is 0. The smallest absolute Gasteiger partial charge is 0.0602 e. The first-order valence-electron chi connectivity index (χ1n) is 6.55. The summed E-state index contributed by atoms with van der Waals surface area (Å²) in [5.41, 5.74) is 9.26. The summed E-state index contributed by atoms with van der Waals surface area (Å²) < 4.78 is 2.06. The average Bonchev–Trinajstić information content (AvgIpc) is 3.32. The first-order valence-corrected chi connectivity index (χ1v) is 6.55. The zero-order valence-electron chi connectivity index (χ0n) is 10.2. The van der Waals surface area contributed by atoms with E-state index in [9.17, 15) is 0 Å². The van der Waals surface area contributed by atoms with E-state index in [0.717, 1.165) is 29.7 Å². The van der Waals surface area contributed by atoms with Crippen LogP contribution in [0.1, 0.15) is 37.4 Å². The van der Waals surface area contributed by atoms with Gasteiger partial charge in [0.15, 0.2) is 0 Å². The standard InChI is InChI=1S/C14H16N4/c15-14(5-6-14)13-4-1-10(7-16-13)11-8-17-18(9-11)12-2-3-12/h1,4,7-9,12H,2-3,5-6,15H2. The van der Waals surface area contributed by atoms with Crippen LogP contribution in [0.25, 0.3) is 11.1 Å². The van der Waals surface area contributed by atoms with Gasteiger partial charge < -0.3 is 5.73 Å². The zero-order valence-corrected chi connectivity index (χ0v) is 10.2. The van der Waals surface area contributed by atoms with Crippen molar-refractivity contribution in [3.05, 3.63) is 36.4 Å². The van der Waals surface area contributed by atoms with E-state index >= 15 is 0 Å². The minimum atomic E-state index is -0.142. The first kappa shape index (κ1) is 10.3. The number of rotatable bonds is 3. The number of nitrogens with two attached hydrogens (primary N) is 1. The molecule has 92 valence electrons. The molecule has 0 saturated heterocycles. The summed E-state index contributed by atoms with van der Waals surface area (Å²) in [6.45, 7) is 0. The van der Waals surface area contributed by atoms with Crippen LogP contribution in [0.15, 0.2) is 30.7 Å². The lowest BCUT2D eigenvalue weighted by Gasteiger charge is -2.07. The van der Waals surface area contributed by atoms with Crippen molar-refractivity contribution in [1.29, 1.82) is 0 Å². The van der Waals surface area contributed by atoms with Gasteiger partial charge in [-0.05, 0) is 31.7 Å². The lowest BCUT2D eigenvalue weighted by Crippen LogP contribution is -2.19. The molecule has 2 fully saturated rings. The maximum atomic E-state index is 6.13. The summed E-state index contributed by atoms with van der Waals surface area (Å²) in [6, 6.07) is 4.78. The Morgan fingerprint density at radius 1 is 1.17 bits per heavy atom. The van der Waals surface area contributed by atoms with Gasteiger partial charge in [-0.15, -0.1) is 0 Å². The van der Waals surface area contributed by atoms with Crippen LogP contribution in [0.2, 0.25) is 0 Å². The van der Waals surface area contributed by atoms with Crippen molar-refractivity contribution in [2.75, 3.05) is 0 Å². The van der Waals surface area contributed by atoms with Crippen LogP contribution in [-0.2, 0) is 5.54 Å². The lowest BCUT2D eigenvalue weighted by atomic mass is 10.1. The minimum absolute atomic E-state index is 0.142. The van der Waals surface area contributed by atoms with Crippen LogP contribution in [0.3, 0.4) is 0 Å². The van der Waals surface area contributed by atoms with Crippen LogP contribution in [0, 0.1) is 0 Å². The molecule has 2 aliphatic carbocycles. The van der Waals surface area contributed by atoms with Gasteiger partial charge in [-0.2, -0.15) is 5.10 Å². The fraction of sp³-hybridized carbons (Fsp3) is 0.429. The van der Waals surface area contributed by atoms with Crippen LogP contribution in [-0.4, -0.2) is 14.8 Å². The van der Waals surface area contributed by atoms with Gasteiger partial charge in [-0.25, -0.2) is 0 Å². The van der Waals surface area contributed by atoms with Crippen molar-refractivity contribution in [3.63, 3.8) is 0 Å². The Labute approximate surface area is 106 Å². The molecule has 4 rings (SSSR count). The largest absolute Gasteiger partial charge is 0.320 e. The van der Waals surface area contributed by atoms with Gasteiger partial charge in [0.1, 0.15) is 0 Å². The van der Waals surface area contributed by atoms with Crippen LogP contribution in [0.4, 0.5) is 0 Å². The van der Waals surface area contributed by atoms with Gasteiger partial charge in [0.2, 0.25) is 0 Å². The topological polar surface area (TPSA) is 56.7 Å². The van der Waals surface area contributed by atoms with E-state index in [2.05, 4.69) is 33.1 Å². The number of hydrogen-bond donors (Lipinski definition) is 1. The lowest BCUT2D eigenvalue weighted by molar-refractivity contribution is 0.642.